The van der Waals surface area contributed by atoms with Crippen LogP contribution >= 0.6 is 11.8 Å². The zero-order valence-electron chi connectivity index (χ0n) is 27.0. The monoisotopic (exact) mass is 690 g/mol. The number of ether oxygens (including phenoxy) is 2. The Hall–Kier alpha value is -3.55. The maximum atomic E-state index is 13.6. The first-order valence-electron chi connectivity index (χ1n) is 15.9. The number of aliphatic hydroxyl groups is 2. The molecule has 1 fully saturated rings. The van der Waals surface area contributed by atoms with E-state index in [0.29, 0.717) is 17.2 Å². The van der Waals surface area contributed by atoms with Crippen LogP contribution in [0.2, 0.25) is 0 Å². The zero-order valence-corrected chi connectivity index (χ0v) is 28.6. The van der Waals surface area contributed by atoms with Gasteiger partial charge >= 0.3 is 0 Å². The second-order valence-corrected chi connectivity index (χ2v) is 14.8. The molecule has 0 spiro atoms. The van der Waals surface area contributed by atoms with Crippen molar-refractivity contribution >= 4 is 33.4 Å². The van der Waals surface area contributed by atoms with E-state index in [1.54, 1.807) is 36.0 Å². The normalized spacial score (nSPS) is 20.2. The minimum Gasteiger partial charge on any atom is -0.396 e. The van der Waals surface area contributed by atoms with E-state index in [2.05, 4.69) is 17.0 Å². The van der Waals surface area contributed by atoms with Crippen LogP contribution in [-0.2, 0) is 37.3 Å². The fraction of sp³-hybridized carbons (Fsp3) is 0.324. The number of aliphatic hydroxyl groups excluding tert-OH is 2. The highest BCUT2D eigenvalue weighted by Crippen LogP contribution is 2.42. The number of amides is 1. The number of hydrogen-bond acceptors (Lipinski definition) is 8. The summed E-state index contributed by atoms with van der Waals surface area (Å²) in [4.78, 5) is 13.7. The third-order valence-corrected chi connectivity index (χ3v) is 10.8. The first kappa shape index (κ1) is 35.7. The van der Waals surface area contributed by atoms with Gasteiger partial charge in [0.1, 0.15) is 6.04 Å². The Morgan fingerprint density at radius 1 is 0.854 bits per heavy atom. The average molecular weight is 691 g/mol. The molecule has 0 saturated carbocycles. The van der Waals surface area contributed by atoms with E-state index in [4.69, 9.17) is 9.47 Å². The highest BCUT2D eigenvalue weighted by atomic mass is 32.2. The highest BCUT2D eigenvalue weighted by Gasteiger charge is 2.38. The largest absolute Gasteiger partial charge is 0.396 e. The summed E-state index contributed by atoms with van der Waals surface area (Å²) >= 11 is 1.62. The Labute approximate surface area is 286 Å². The van der Waals surface area contributed by atoms with Gasteiger partial charge in [0.25, 0.3) is 0 Å². The molecule has 0 bridgehead atoms. The van der Waals surface area contributed by atoms with Crippen LogP contribution in [-0.4, -0.2) is 54.8 Å². The lowest BCUT2D eigenvalue weighted by atomic mass is 9.91. The molecule has 5 atom stereocenters. The van der Waals surface area contributed by atoms with Crippen molar-refractivity contribution in [2.45, 2.75) is 56.3 Å². The fourth-order valence-corrected chi connectivity index (χ4v) is 7.64. The van der Waals surface area contributed by atoms with Gasteiger partial charge < -0.3 is 25.0 Å². The lowest BCUT2D eigenvalue weighted by molar-refractivity contribution is -0.268. The molecule has 4 aromatic rings. The molecular formula is C37H42N2O7S2. The third-order valence-electron chi connectivity index (χ3n) is 8.32. The molecule has 0 aliphatic carbocycles. The van der Waals surface area contributed by atoms with Gasteiger partial charge in [-0.05, 0) is 54.3 Å². The van der Waals surface area contributed by atoms with Gasteiger partial charge in [0, 0.05) is 28.7 Å². The fourth-order valence-electron chi connectivity index (χ4n) is 5.54. The first-order valence-corrected chi connectivity index (χ1v) is 18.5. The number of sulfonamides is 1. The van der Waals surface area contributed by atoms with Crippen LogP contribution in [0.15, 0.2) is 108 Å². The number of anilines is 1. The zero-order chi connectivity index (χ0) is 34.1. The number of thioether (sulfide) groups is 1. The molecular weight excluding hydrogens is 649 g/mol. The van der Waals surface area contributed by atoms with Crippen LogP contribution < -0.4 is 10.0 Å². The van der Waals surface area contributed by atoms with Gasteiger partial charge in [-0.15, -0.1) is 0 Å². The summed E-state index contributed by atoms with van der Waals surface area (Å²) in [6, 6.07) is 29.5. The van der Waals surface area contributed by atoms with E-state index in [9.17, 15) is 23.4 Å². The van der Waals surface area contributed by atoms with Crippen molar-refractivity contribution in [2.24, 2.45) is 5.92 Å². The van der Waals surface area contributed by atoms with Gasteiger partial charge in [-0.2, -0.15) is 16.5 Å². The molecule has 254 valence electrons. The summed E-state index contributed by atoms with van der Waals surface area (Å²) in [5, 5.41) is 21.7. The average Bonchev–Trinajstić information content (AvgIpc) is 3.10. The quantitative estimate of drug-likeness (QED) is 0.127. The lowest BCUT2D eigenvalue weighted by Gasteiger charge is -2.41. The molecule has 5 rings (SSSR count). The minimum absolute atomic E-state index is 0.0243. The molecule has 0 unspecified atom stereocenters. The Morgan fingerprint density at radius 2 is 1.52 bits per heavy atom. The predicted octanol–water partition coefficient (Wildman–Crippen LogP) is 5.53. The smallest absolute Gasteiger partial charge is 0.242 e. The molecule has 1 saturated heterocycles. The number of carbonyl (C=O) groups is 1. The van der Waals surface area contributed by atoms with Gasteiger partial charge in [-0.1, -0.05) is 91.3 Å². The number of hydrogen-bond donors (Lipinski definition) is 4. The molecule has 11 heteroatoms. The summed E-state index contributed by atoms with van der Waals surface area (Å²) in [7, 11) is -3.98. The van der Waals surface area contributed by atoms with Crippen LogP contribution in [0.5, 0.6) is 0 Å². The van der Waals surface area contributed by atoms with Crippen molar-refractivity contribution in [2.75, 3.05) is 23.4 Å². The second-order valence-electron chi connectivity index (χ2n) is 11.9. The maximum absolute atomic E-state index is 13.6. The maximum Gasteiger partial charge on any atom is 0.242 e. The van der Waals surface area contributed by atoms with E-state index < -0.39 is 28.3 Å². The van der Waals surface area contributed by atoms with Gasteiger partial charge in [-0.3, -0.25) is 4.79 Å². The summed E-state index contributed by atoms with van der Waals surface area (Å²) in [6.07, 6.45) is -0.938. The lowest BCUT2D eigenvalue weighted by Crippen LogP contribution is -2.45. The molecule has 1 amide bonds. The van der Waals surface area contributed by atoms with Gasteiger partial charge in [-0.25, -0.2) is 8.42 Å². The molecule has 0 aromatic heterocycles. The standard InChI is InChI=1S/C37H42N2O7S2/c1-25-8-18-32(19-9-25)48(43,44)39-33(22-27-6-4-3-5-7-27)36(42)38-31-16-14-30(15-17-31)37-45-34(24-47-21-20-40)26(2)35(46-37)29-12-10-28(23-41)11-13-29/h3-19,26,33-35,37,39-41H,20-24H2,1-2H3,(H,38,42)/t26-,33-,34+,35+,37+/m1/s1. The van der Waals surface area contributed by atoms with Crippen molar-refractivity contribution in [3.8, 4) is 0 Å². The third kappa shape index (κ3) is 9.32. The Kier molecular flexibility index (Phi) is 12.4. The number of rotatable bonds is 14. The molecule has 4 N–H and O–H groups in total. The molecule has 0 radical (unpaired) electrons. The van der Waals surface area contributed by atoms with E-state index in [1.165, 1.54) is 12.1 Å². The van der Waals surface area contributed by atoms with Gasteiger partial charge in [0.2, 0.25) is 15.9 Å². The van der Waals surface area contributed by atoms with Crippen LogP contribution in [0.1, 0.15) is 47.1 Å². The summed E-state index contributed by atoms with van der Waals surface area (Å²) in [5.41, 5.74) is 4.79. The molecule has 1 aliphatic heterocycles. The summed E-state index contributed by atoms with van der Waals surface area (Å²) in [5.74, 6) is 0.821. The van der Waals surface area contributed by atoms with E-state index in [-0.39, 0.29) is 42.7 Å². The predicted molar refractivity (Wildman–Crippen MR) is 188 cm³/mol. The molecule has 1 heterocycles. The molecule has 48 heavy (non-hydrogen) atoms. The van der Waals surface area contributed by atoms with E-state index in [1.807, 2.05) is 73.7 Å². The minimum atomic E-state index is -3.98. The van der Waals surface area contributed by atoms with Crippen LogP contribution in [0.4, 0.5) is 5.69 Å². The second kappa shape index (κ2) is 16.7. The molecule has 4 aromatic carbocycles. The van der Waals surface area contributed by atoms with Crippen molar-refractivity contribution in [1.29, 1.82) is 0 Å². The number of aryl methyl sites for hydroxylation is 1. The van der Waals surface area contributed by atoms with Crippen LogP contribution in [0.3, 0.4) is 0 Å². The molecule has 9 nitrogen and oxygen atoms in total. The van der Waals surface area contributed by atoms with E-state index in [0.717, 1.165) is 27.8 Å². The molecule has 1 aliphatic rings. The van der Waals surface area contributed by atoms with Crippen molar-refractivity contribution in [3.05, 3.63) is 131 Å². The highest BCUT2D eigenvalue weighted by molar-refractivity contribution is 7.99. The van der Waals surface area contributed by atoms with Crippen LogP contribution in [0.25, 0.3) is 0 Å². The van der Waals surface area contributed by atoms with Gasteiger partial charge in [0.15, 0.2) is 6.29 Å². The van der Waals surface area contributed by atoms with Crippen LogP contribution in [0, 0.1) is 12.8 Å². The number of benzene rings is 4. The summed E-state index contributed by atoms with van der Waals surface area (Å²) < 4.78 is 42.1. The Bertz CT molecular complexity index is 1720. The van der Waals surface area contributed by atoms with Crippen molar-refractivity contribution in [3.63, 3.8) is 0 Å². The first-order chi connectivity index (χ1) is 23.2. The van der Waals surface area contributed by atoms with E-state index >= 15 is 0 Å². The SMILES string of the molecule is Cc1ccc(S(=O)(=O)N[C@H](Cc2ccccc2)C(=O)Nc2ccc([C@H]3O[C@@H](CSCCO)[C@@H](C)[C@@H](c4ccc(CO)cc4)O3)cc2)cc1. The number of nitrogens with one attached hydrogen (secondary N) is 2. The van der Waals surface area contributed by atoms with Crippen molar-refractivity contribution < 1.29 is 32.9 Å². The van der Waals surface area contributed by atoms with Gasteiger partial charge in [0.05, 0.1) is 30.3 Å². The topological polar surface area (TPSA) is 134 Å². The van der Waals surface area contributed by atoms with Crippen molar-refractivity contribution in [1.82, 2.24) is 4.72 Å². The Morgan fingerprint density at radius 3 is 2.17 bits per heavy atom. The number of carbonyl (C=O) groups excluding carboxylic acids is 1. The Balaban J connectivity index is 1.33. The summed E-state index contributed by atoms with van der Waals surface area (Å²) in [6.45, 7) is 4.01.